The molecule has 2 aromatic carbocycles. The third-order valence-corrected chi connectivity index (χ3v) is 10.4. The van der Waals surface area contributed by atoms with Gasteiger partial charge in [-0.3, -0.25) is 29.3 Å². The molecule has 11 nitrogen and oxygen atoms in total. The number of carbonyl (C=O) groups is 4. The molecule has 0 spiro atoms. The third kappa shape index (κ3) is 5.00. The number of halogens is 2. The van der Waals surface area contributed by atoms with Crippen molar-refractivity contribution < 1.29 is 33.6 Å². The number of carbonyl (C=O) groups excluding carboxylic acids is 4. The van der Waals surface area contributed by atoms with Crippen LogP contribution in [0.2, 0.25) is 0 Å². The van der Waals surface area contributed by atoms with Crippen LogP contribution in [0.4, 0.5) is 17.1 Å². The lowest BCUT2D eigenvalue weighted by atomic mass is 9.81. The zero-order valence-electron chi connectivity index (χ0n) is 21.5. The molecular weight excluding hydrogens is 654 g/mol. The maximum Gasteiger partial charge on any atom is 0.316 e. The summed E-state index contributed by atoms with van der Waals surface area (Å²) in [6.45, 7) is 1.75. The average Bonchev–Trinajstić information content (AvgIpc) is 3.41. The van der Waals surface area contributed by atoms with Crippen LogP contribution in [-0.2, 0) is 19.2 Å². The van der Waals surface area contributed by atoms with E-state index >= 15 is 0 Å². The number of alkyl halides is 2. The van der Waals surface area contributed by atoms with E-state index in [-0.39, 0.29) is 69.4 Å². The predicted octanol–water partition coefficient (Wildman–Crippen LogP) is 4.30. The molecule has 2 saturated heterocycles. The lowest BCUT2D eigenvalue weighted by Gasteiger charge is -2.29. The summed E-state index contributed by atoms with van der Waals surface area (Å²) in [5.74, 6) is -2.56. The number of rotatable bonds is 6. The van der Waals surface area contributed by atoms with Gasteiger partial charge in [0.25, 0.3) is 5.69 Å². The van der Waals surface area contributed by atoms with E-state index in [9.17, 15) is 29.3 Å². The maximum absolute atomic E-state index is 13.2. The Morgan fingerprint density at radius 1 is 1.00 bits per heavy atom. The van der Waals surface area contributed by atoms with Gasteiger partial charge in [0.2, 0.25) is 17.7 Å². The number of nitrogens with zero attached hydrogens (tertiary/aromatic N) is 3. The Morgan fingerprint density at radius 2 is 1.62 bits per heavy atom. The van der Waals surface area contributed by atoms with Crippen molar-refractivity contribution in [3.05, 3.63) is 52.1 Å². The number of nitro groups is 1. The molecule has 0 N–H and O–H groups in total. The lowest BCUT2D eigenvalue weighted by Crippen LogP contribution is -2.34. The van der Waals surface area contributed by atoms with Crippen molar-refractivity contribution in [2.75, 3.05) is 23.5 Å². The second kappa shape index (κ2) is 10.9. The number of esters is 1. The van der Waals surface area contributed by atoms with Crippen LogP contribution in [0.5, 0.6) is 11.5 Å². The number of amides is 3. The molecule has 210 valence electrons. The van der Waals surface area contributed by atoms with Crippen LogP contribution < -0.4 is 19.3 Å². The van der Waals surface area contributed by atoms with Gasteiger partial charge in [0, 0.05) is 28.7 Å². The maximum atomic E-state index is 13.2. The highest BCUT2D eigenvalue weighted by Crippen LogP contribution is 2.45. The molecule has 3 amide bonds. The Kier molecular flexibility index (Phi) is 7.71. The molecule has 2 heterocycles. The molecule has 5 rings (SSSR count). The highest BCUT2D eigenvalue weighted by molar-refractivity contribution is 9.12. The number of methoxy groups -OCH3 is 1. The monoisotopic (exact) mass is 677 g/mol. The van der Waals surface area contributed by atoms with Crippen LogP contribution in [0, 0.1) is 34.8 Å². The molecule has 5 atom stereocenters. The van der Waals surface area contributed by atoms with E-state index in [1.807, 2.05) is 0 Å². The first-order valence-electron chi connectivity index (χ1n) is 12.6. The van der Waals surface area contributed by atoms with E-state index in [0.717, 1.165) is 0 Å². The summed E-state index contributed by atoms with van der Waals surface area (Å²) in [7, 11) is 1.34. The average molecular weight is 679 g/mol. The number of hydrogen-bond acceptors (Lipinski definition) is 8. The van der Waals surface area contributed by atoms with E-state index in [1.165, 1.54) is 41.2 Å². The van der Waals surface area contributed by atoms with Gasteiger partial charge in [-0.05, 0) is 49.6 Å². The quantitative estimate of drug-likeness (QED) is 0.110. The van der Waals surface area contributed by atoms with Gasteiger partial charge in [-0.25, -0.2) is 4.90 Å². The summed E-state index contributed by atoms with van der Waals surface area (Å²) in [5.41, 5.74) is 1.19. The molecule has 3 fully saturated rings. The minimum Gasteiger partial charge on any atom is -0.494 e. The van der Waals surface area contributed by atoms with E-state index in [1.54, 1.807) is 19.1 Å². The van der Waals surface area contributed by atoms with Gasteiger partial charge in [-0.1, -0.05) is 31.9 Å². The number of non-ortho nitro benzene ring substituents is 1. The second-order valence-electron chi connectivity index (χ2n) is 10.1. The number of fused-ring (bicyclic) bond motifs is 1. The lowest BCUT2D eigenvalue weighted by molar-refractivity contribution is -0.384. The normalized spacial score (nSPS) is 26.2. The van der Waals surface area contributed by atoms with Crippen molar-refractivity contribution in [2.45, 2.75) is 35.8 Å². The molecule has 1 aliphatic carbocycles. The van der Waals surface area contributed by atoms with Crippen LogP contribution in [0.3, 0.4) is 0 Å². The van der Waals surface area contributed by atoms with Gasteiger partial charge in [0.05, 0.1) is 47.2 Å². The summed E-state index contributed by atoms with van der Waals surface area (Å²) in [6, 6.07) is 8.61. The molecule has 2 aliphatic heterocycles. The van der Waals surface area contributed by atoms with Crippen LogP contribution >= 0.6 is 31.9 Å². The highest BCUT2D eigenvalue weighted by atomic mass is 79.9. The SMILES string of the molecule is COc1cc([N+](=O)[O-])ccc1N1C[C@H](C(=O)Oc2ccc(N3C(=O)[C@H]4C[C@H](Br)[C@@H](Br)C[C@H]4C3=O)c(C)c2)CC1=O. The number of nitro benzene ring substituents is 1. The molecule has 0 radical (unpaired) electrons. The Labute approximate surface area is 246 Å². The van der Waals surface area contributed by atoms with Crippen LogP contribution in [0.25, 0.3) is 0 Å². The zero-order valence-corrected chi connectivity index (χ0v) is 24.7. The number of anilines is 2. The van der Waals surface area contributed by atoms with Crippen molar-refractivity contribution in [1.29, 1.82) is 0 Å². The molecule has 13 heteroatoms. The highest BCUT2D eigenvalue weighted by Gasteiger charge is 2.52. The number of hydrogen-bond donors (Lipinski definition) is 0. The molecule has 40 heavy (non-hydrogen) atoms. The summed E-state index contributed by atoms with van der Waals surface area (Å²) in [5, 5.41) is 11.1. The zero-order chi connectivity index (χ0) is 28.9. The Morgan fingerprint density at radius 3 is 2.20 bits per heavy atom. The summed E-state index contributed by atoms with van der Waals surface area (Å²) < 4.78 is 10.8. The van der Waals surface area contributed by atoms with Gasteiger partial charge in [0.1, 0.15) is 11.5 Å². The van der Waals surface area contributed by atoms with Crippen molar-refractivity contribution in [1.82, 2.24) is 0 Å². The first-order chi connectivity index (χ1) is 19.0. The Bertz CT molecular complexity index is 1400. The molecule has 0 aromatic heterocycles. The Balaban J connectivity index is 1.28. The molecule has 3 aliphatic rings. The summed E-state index contributed by atoms with van der Waals surface area (Å²) in [6.07, 6.45) is 1.04. The molecule has 0 unspecified atom stereocenters. The minimum absolute atomic E-state index is 0.0194. The number of benzene rings is 2. The summed E-state index contributed by atoms with van der Waals surface area (Å²) >= 11 is 7.18. The number of aryl methyl sites for hydroxylation is 1. The van der Waals surface area contributed by atoms with Crippen molar-refractivity contribution in [3.8, 4) is 11.5 Å². The van der Waals surface area contributed by atoms with Gasteiger partial charge >= 0.3 is 5.97 Å². The second-order valence-corrected chi connectivity index (χ2v) is 12.5. The van der Waals surface area contributed by atoms with E-state index in [4.69, 9.17) is 9.47 Å². The van der Waals surface area contributed by atoms with Crippen molar-refractivity contribution in [2.24, 2.45) is 17.8 Å². The first-order valence-corrected chi connectivity index (χ1v) is 14.4. The van der Waals surface area contributed by atoms with Crippen molar-refractivity contribution in [3.63, 3.8) is 0 Å². The molecule has 1 saturated carbocycles. The number of ether oxygens (including phenoxy) is 2. The molecule has 2 aromatic rings. The third-order valence-electron chi connectivity index (χ3n) is 7.66. The van der Waals surface area contributed by atoms with Crippen LogP contribution in [0.15, 0.2) is 36.4 Å². The van der Waals surface area contributed by atoms with E-state index < -0.39 is 16.8 Å². The molecule has 0 bridgehead atoms. The first kappa shape index (κ1) is 28.2. The van der Waals surface area contributed by atoms with Gasteiger partial charge in [0.15, 0.2) is 0 Å². The van der Waals surface area contributed by atoms with Gasteiger partial charge in [-0.15, -0.1) is 0 Å². The Hall–Kier alpha value is -3.32. The fraction of sp³-hybridized carbons (Fsp3) is 0.407. The van der Waals surface area contributed by atoms with Crippen molar-refractivity contribution >= 4 is 72.6 Å². The standard InChI is InChI=1S/C27H25Br2N3O8/c1-13-7-16(4-6-21(13)31-25(34)17-10-19(28)20(29)11-18(17)26(31)35)40-27(36)14-8-24(33)30(12-14)22-5-3-15(32(37)38)9-23(22)39-2/h3-7,9,14,17-20H,8,10-12H2,1-2H3/t14-,17-,18+,19+,20+/m1/s1. The topological polar surface area (TPSA) is 136 Å². The number of imide groups is 1. The predicted molar refractivity (Wildman–Crippen MR) is 151 cm³/mol. The van der Waals surface area contributed by atoms with Gasteiger partial charge < -0.3 is 14.4 Å². The van der Waals surface area contributed by atoms with Crippen LogP contribution in [0.1, 0.15) is 24.8 Å². The van der Waals surface area contributed by atoms with Gasteiger partial charge in [-0.2, -0.15) is 0 Å². The minimum atomic E-state index is -0.772. The fourth-order valence-electron chi connectivity index (χ4n) is 5.58. The fourth-order valence-corrected chi connectivity index (χ4v) is 6.81. The smallest absolute Gasteiger partial charge is 0.316 e. The summed E-state index contributed by atoms with van der Waals surface area (Å²) in [4.78, 5) is 65.4. The van der Waals surface area contributed by atoms with E-state index in [2.05, 4.69) is 31.9 Å². The largest absolute Gasteiger partial charge is 0.494 e. The molecular formula is C27H25Br2N3O8. The van der Waals surface area contributed by atoms with E-state index in [0.29, 0.717) is 29.8 Å². The van der Waals surface area contributed by atoms with Crippen LogP contribution in [-0.4, -0.2) is 51.9 Å².